The lowest BCUT2D eigenvalue weighted by Gasteiger charge is -2.29. The highest BCUT2D eigenvalue weighted by molar-refractivity contribution is 7.94. The van der Waals surface area contributed by atoms with Gasteiger partial charge < -0.3 is 5.32 Å². The zero-order chi connectivity index (χ0) is 18.5. The SMILES string of the molecule is CC1=C(S(C)(=O)=O)C(c2ccc(Cl)c([N+](=O)[O-])c2)C2=C(CCC2=O)N1. The van der Waals surface area contributed by atoms with Crippen LogP contribution >= 0.6 is 11.6 Å². The summed E-state index contributed by atoms with van der Waals surface area (Å²) in [6.07, 6.45) is 1.85. The zero-order valence-corrected chi connectivity index (χ0v) is 15.1. The Labute approximate surface area is 149 Å². The first kappa shape index (κ1) is 17.6. The van der Waals surface area contributed by atoms with Crippen LogP contribution in [0.25, 0.3) is 0 Å². The number of rotatable bonds is 3. The summed E-state index contributed by atoms with van der Waals surface area (Å²) in [6, 6.07) is 4.12. The van der Waals surface area contributed by atoms with E-state index in [-0.39, 0.29) is 27.8 Å². The highest BCUT2D eigenvalue weighted by atomic mass is 35.5. The summed E-state index contributed by atoms with van der Waals surface area (Å²) in [6.45, 7) is 1.63. The third-order valence-electron chi connectivity index (χ3n) is 4.39. The van der Waals surface area contributed by atoms with Crippen LogP contribution in [0.4, 0.5) is 5.69 Å². The molecule has 0 saturated carbocycles. The molecule has 9 heteroatoms. The monoisotopic (exact) mass is 382 g/mol. The predicted octanol–water partition coefficient (Wildman–Crippen LogP) is 2.83. The van der Waals surface area contributed by atoms with E-state index in [4.69, 9.17) is 11.6 Å². The van der Waals surface area contributed by atoms with Gasteiger partial charge in [-0.2, -0.15) is 0 Å². The van der Waals surface area contributed by atoms with Crippen LogP contribution in [0, 0.1) is 10.1 Å². The molecular weight excluding hydrogens is 368 g/mol. The molecule has 25 heavy (non-hydrogen) atoms. The van der Waals surface area contributed by atoms with E-state index in [9.17, 15) is 23.3 Å². The van der Waals surface area contributed by atoms with E-state index < -0.39 is 20.7 Å². The van der Waals surface area contributed by atoms with Gasteiger partial charge in [-0.15, -0.1) is 0 Å². The number of ketones is 1. The van der Waals surface area contributed by atoms with Gasteiger partial charge in [-0.1, -0.05) is 17.7 Å². The Hall–Kier alpha value is -2.19. The second-order valence-electron chi connectivity index (χ2n) is 6.10. The molecule has 0 spiro atoms. The lowest BCUT2D eigenvalue weighted by Crippen LogP contribution is -2.28. The highest BCUT2D eigenvalue weighted by Gasteiger charge is 2.41. The van der Waals surface area contributed by atoms with Gasteiger partial charge in [-0.3, -0.25) is 14.9 Å². The maximum atomic E-state index is 12.4. The van der Waals surface area contributed by atoms with Crippen LogP contribution < -0.4 is 5.32 Å². The number of hydrogen-bond donors (Lipinski definition) is 1. The van der Waals surface area contributed by atoms with E-state index in [1.807, 2.05) is 0 Å². The number of sulfone groups is 1. The smallest absolute Gasteiger partial charge is 0.288 e. The first-order chi connectivity index (χ1) is 11.6. The minimum absolute atomic E-state index is 0.0451. The molecule has 3 rings (SSSR count). The number of allylic oxidation sites excluding steroid dienone is 4. The largest absolute Gasteiger partial charge is 0.361 e. The normalized spacial score (nSPS) is 20.6. The number of dihydropyridines is 1. The van der Waals surface area contributed by atoms with Crippen molar-refractivity contribution in [1.29, 1.82) is 0 Å². The summed E-state index contributed by atoms with van der Waals surface area (Å²) < 4.78 is 24.7. The van der Waals surface area contributed by atoms with Gasteiger partial charge >= 0.3 is 0 Å². The van der Waals surface area contributed by atoms with Gasteiger partial charge in [0.05, 0.1) is 15.7 Å². The van der Waals surface area contributed by atoms with Crippen LogP contribution in [0.15, 0.2) is 40.1 Å². The Morgan fingerprint density at radius 2 is 2.00 bits per heavy atom. The number of hydrogen-bond acceptors (Lipinski definition) is 6. The number of nitro groups is 1. The van der Waals surface area contributed by atoms with E-state index in [0.717, 1.165) is 6.26 Å². The molecule has 0 fully saturated rings. The molecule has 0 amide bonds. The van der Waals surface area contributed by atoms with Crippen molar-refractivity contribution in [3.05, 3.63) is 60.8 Å². The van der Waals surface area contributed by atoms with Crippen LogP contribution in [-0.2, 0) is 14.6 Å². The average molecular weight is 383 g/mol. The second kappa shape index (κ2) is 5.96. The van der Waals surface area contributed by atoms with Gasteiger partial charge in [0.15, 0.2) is 15.6 Å². The van der Waals surface area contributed by atoms with Crippen molar-refractivity contribution in [3.63, 3.8) is 0 Å². The van der Waals surface area contributed by atoms with E-state index in [1.54, 1.807) is 6.92 Å². The zero-order valence-electron chi connectivity index (χ0n) is 13.5. The van der Waals surface area contributed by atoms with Gasteiger partial charge in [-0.25, -0.2) is 8.42 Å². The molecule has 0 radical (unpaired) electrons. The van der Waals surface area contributed by atoms with Crippen molar-refractivity contribution in [2.45, 2.75) is 25.7 Å². The third-order valence-corrected chi connectivity index (χ3v) is 6.05. The standard InChI is InChI=1S/C16H15ClN2O5S/c1-8-16(25(2,23)24)14(15-11(18-8)5-6-13(15)20)9-3-4-10(17)12(7-9)19(21)22/h3-4,7,14,18H,5-6H2,1-2H3. The molecular formula is C16H15ClN2O5S. The van der Waals surface area contributed by atoms with Crippen molar-refractivity contribution in [2.75, 3.05) is 6.26 Å². The quantitative estimate of drug-likeness (QED) is 0.636. The molecule has 1 atom stereocenters. The summed E-state index contributed by atoms with van der Waals surface area (Å²) in [5, 5.41) is 14.2. The molecule has 0 bridgehead atoms. The average Bonchev–Trinajstić information content (AvgIpc) is 2.86. The number of nitrogens with zero attached hydrogens (tertiary/aromatic N) is 1. The fourth-order valence-electron chi connectivity index (χ4n) is 3.44. The van der Waals surface area contributed by atoms with Crippen molar-refractivity contribution in [3.8, 4) is 0 Å². The second-order valence-corrected chi connectivity index (χ2v) is 8.49. The minimum atomic E-state index is -3.65. The number of Topliss-reactive ketones (excluding diaryl/α,β-unsaturated/α-hetero) is 1. The molecule has 2 aliphatic rings. The van der Waals surface area contributed by atoms with E-state index >= 15 is 0 Å². The van der Waals surface area contributed by atoms with Gasteiger partial charge in [0, 0.05) is 35.7 Å². The Kier molecular flexibility index (Phi) is 4.20. The fourth-order valence-corrected chi connectivity index (χ4v) is 4.91. The number of carbonyl (C=O) groups is 1. The van der Waals surface area contributed by atoms with Gasteiger partial charge in [0.2, 0.25) is 0 Å². The molecule has 1 aromatic rings. The van der Waals surface area contributed by atoms with E-state index in [1.165, 1.54) is 18.2 Å². The number of nitrogens with one attached hydrogen (secondary N) is 1. The van der Waals surface area contributed by atoms with Crippen LogP contribution in [0.5, 0.6) is 0 Å². The Balaban J connectivity index is 2.28. The number of carbonyl (C=O) groups excluding carboxylic acids is 1. The number of nitro benzene ring substituents is 1. The number of benzene rings is 1. The van der Waals surface area contributed by atoms with Crippen LogP contribution in [-0.4, -0.2) is 25.4 Å². The Morgan fingerprint density at radius 3 is 2.60 bits per heavy atom. The van der Waals surface area contributed by atoms with Gasteiger partial charge in [-0.05, 0) is 25.0 Å². The molecule has 0 saturated heterocycles. The molecule has 0 aromatic heterocycles. The van der Waals surface area contributed by atoms with Crippen LogP contribution in [0.3, 0.4) is 0 Å². The van der Waals surface area contributed by atoms with Gasteiger partial charge in [0.1, 0.15) is 5.02 Å². The Bertz CT molecular complexity index is 978. The van der Waals surface area contributed by atoms with Crippen molar-refractivity contribution in [2.24, 2.45) is 0 Å². The lowest BCUT2D eigenvalue weighted by molar-refractivity contribution is -0.384. The molecule has 1 aliphatic carbocycles. The predicted molar refractivity (Wildman–Crippen MR) is 92.8 cm³/mol. The van der Waals surface area contributed by atoms with E-state index in [2.05, 4.69) is 5.32 Å². The minimum Gasteiger partial charge on any atom is -0.361 e. The highest BCUT2D eigenvalue weighted by Crippen LogP contribution is 2.45. The summed E-state index contributed by atoms with van der Waals surface area (Å²) in [5.41, 5.74) is 1.51. The molecule has 1 aromatic carbocycles. The van der Waals surface area contributed by atoms with E-state index in [0.29, 0.717) is 29.0 Å². The summed E-state index contributed by atoms with van der Waals surface area (Å²) >= 11 is 5.86. The fraction of sp³-hybridized carbons (Fsp3) is 0.312. The molecule has 1 unspecified atom stereocenters. The van der Waals surface area contributed by atoms with Gasteiger partial charge in [0.25, 0.3) is 5.69 Å². The van der Waals surface area contributed by atoms with Crippen molar-refractivity contribution < 1.29 is 18.1 Å². The van der Waals surface area contributed by atoms with Crippen LogP contribution in [0.1, 0.15) is 31.2 Å². The summed E-state index contributed by atoms with van der Waals surface area (Å²) in [4.78, 5) is 23.0. The first-order valence-electron chi connectivity index (χ1n) is 7.49. The lowest BCUT2D eigenvalue weighted by atomic mass is 9.86. The van der Waals surface area contributed by atoms with Crippen LogP contribution in [0.2, 0.25) is 5.02 Å². The summed E-state index contributed by atoms with van der Waals surface area (Å²) in [7, 11) is -3.65. The first-order valence-corrected chi connectivity index (χ1v) is 9.76. The Morgan fingerprint density at radius 1 is 1.32 bits per heavy atom. The molecule has 1 aliphatic heterocycles. The topological polar surface area (TPSA) is 106 Å². The third kappa shape index (κ3) is 2.96. The maximum absolute atomic E-state index is 12.4. The molecule has 1 N–H and O–H groups in total. The maximum Gasteiger partial charge on any atom is 0.288 e. The molecule has 7 nitrogen and oxygen atoms in total. The summed E-state index contributed by atoms with van der Waals surface area (Å²) in [5.74, 6) is -1.02. The van der Waals surface area contributed by atoms with Crippen molar-refractivity contribution >= 4 is 32.9 Å². The number of halogens is 1. The molecule has 1 heterocycles. The van der Waals surface area contributed by atoms with Crippen molar-refractivity contribution in [1.82, 2.24) is 5.32 Å². The molecule has 132 valence electrons.